The molecule has 4 rings (SSSR count). The van der Waals surface area contributed by atoms with Crippen LogP contribution in [0.4, 0.5) is 4.39 Å². The topological polar surface area (TPSA) is 73.8 Å². The molecule has 1 atom stereocenters. The molecule has 3 aliphatic rings. The first kappa shape index (κ1) is 17.8. The number of allylic oxidation sites excluding steroid dienone is 3. The van der Waals surface area contributed by atoms with E-state index in [1.165, 1.54) is 12.1 Å². The maximum absolute atomic E-state index is 13.3. The van der Waals surface area contributed by atoms with Gasteiger partial charge in [-0.25, -0.2) is 4.39 Å². The highest BCUT2D eigenvalue weighted by atomic mass is 19.1. The number of nitrogens with one attached hydrogen (secondary N) is 2. The Bertz CT molecular complexity index is 810. The van der Waals surface area contributed by atoms with Crippen molar-refractivity contribution in [2.75, 3.05) is 19.8 Å². The fourth-order valence-electron chi connectivity index (χ4n) is 3.63. The number of fused-ring (bicyclic) bond motifs is 1. The number of carbonyl (C=O) groups excluding carboxylic acids is 1. The van der Waals surface area contributed by atoms with Gasteiger partial charge in [0.25, 0.3) is 5.91 Å². The molecule has 0 aliphatic carbocycles. The van der Waals surface area contributed by atoms with Gasteiger partial charge in [-0.1, -0.05) is 6.08 Å². The Labute approximate surface area is 157 Å². The van der Waals surface area contributed by atoms with E-state index in [9.17, 15) is 14.3 Å². The lowest BCUT2D eigenvalue weighted by Crippen LogP contribution is -2.60. The van der Waals surface area contributed by atoms with Crippen LogP contribution < -0.4 is 10.6 Å². The number of rotatable bonds is 4. The summed E-state index contributed by atoms with van der Waals surface area (Å²) in [6.07, 6.45) is 7.99. The zero-order valence-electron chi connectivity index (χ0n) is 14.8. The van der Waals surface area contributed by atoms with Gasteiger partial charge in [0.15, 0.2) is 6.17 Å². The molecule has 1 aromatic carbocycles. The lowest BCUT2D eigenvalue weighted by Gasteiger charge is -2.38. The van der Waals surface area contributed by atoms with E-state index in [0.717, 1.165) is 17.0 Å². The van der Waals surface area contributed by atoms with Crippen molar-refractivity contribution in [3.8, 4) is 0 Å². The molecule has 7 heteroatoms. The highest BCUT2D eigenvalue weighted by molar-refractivity contribution is 5.88. The summed E-state index contributed by atoms with van der Waals surface area (Å²) in [5, 5.41) is 16.1. The second-order valence-electron chi connectivity index (χ2n) is 6.96. The molecule has 27 heavy (non-hydrogen) atoms. The average molecular weight is 371 g/mol. The van der Waals surface area contributed by atoms with Crippen molar-refractivity contribution in [2.45, 2.75) is 24.5 Å². The monoisotopic (exact) mass is 371 g/mol. The summed E-state index contributed by atoms with van der Waals surface area (Å²) in [5.41, 5.74) is 1.75. The Morgan fingerprint density at radius 1 is 1.30 bits per heavy atom. The van der Waals surface area contributed by atoms with E-state index in [2.05, 4.69) is 10.6 Å². The highest BCUT2D eigenvalue weighted by Gasteiger charge is 2.40. The number of hydrogen-bond acceptors (Lipinski definition) is 5. The predicted molar refractivity (Wildman–Crippen MR) is 98.4 cm³/mol. The van der Waals surface area contributed by atoms with Gasteiger partial charge in [0.2, 0.25) is 0 Å². The zero-order chi connectivity index (χ0) is 18.9. The van der Waals surface area contributed by atoms with Crippen LogP contribution in [0.2, 0.25) is 0 Å². The third-order valence-corrected chi connectivity index (χ3v) is 5.23. The van der Waals surface area contributed by atoms with E-state index < -0.39 is 11.7 Å². The molecule has 0 aromatic heterocycles. The fraction of sp³-hybridized carbons (Fsp3) is 0.350. The number of aliphatic hydroxyl groups is 1. The number of ether oxygens (including phenoxy) is 1. The Morgan fingerprint density at radius 2 is 2.04 bits per heavy atom. The molecule has 0 bridgehead atoms. The van der Waals surface area contributed by atoms with Gasteiger partial charge in [-0.05, 0) is 54.8 Å². The molecule has 3 aliphatic heterocycles. The van der Waals surface area contributed by atoms with E-state index in [-0.39, 0.29) is 18.3 Å². The van der Waals surface area contributed by atoms with Crippen molar-refractivity contribution < 1.29 is 19.0 Å². The van der Waals surface area contributed by atoms with Crippen LogP contribution in [-0.4, -0.2) is 47.4 Å². The van der Waals surface area contributed by atoms with E-state index in [0.29, 0.717) is 26.1 Å². The molecule has 0 saturated carbocycles. The molecule has 1 amide bonds. The fourth-order valence-corrected chi connectivity index (χ4v) is 3.63. The molecule has 3 N–H and O–H groups in total. The molecule has 6 nitrogen and oxygen atoms in total. The van der Waals surface area contributed by atoms with Gasteiger partial charge in [0.05, 0.1) is 23.5 Å². The highest BCUT2D eigenvalue weighted by Crippen LogP contribution is 2.31. The van der Waals surface area contributed by atoms with Crippen LogP contribution >= 0.6 is 0 Å². The van der Waals surface area contributed by atoms with Crippen LogP contribution in [0.1, 0.15) is 18.4 Å². The first-order valence-electron chi connectivity index (χ1n) is 9.02. The Kier molecular flexibility index (Phi) is 4.72. The molecule has 0 spiro atoms. The van der Waals surface area contributed by atoms with E-state index in [1.54, 1.807) is 12.1 Å². The van der Waals surface area contributed by atoms with Gasteiger partial charge in [-0.15, -0.1) is 0 Å². The lowest BCUT2D eigenvalue weighted by atomic mass is 9.91. The maximum Gasteiger partial charge on any atom is 0.264 e. The summed E-state index contributed by atoms with van der Waals surface area (Å²) in [4.78, 5) is 14.9. The first-order chi connectivity index (χ1) is 13.1. The van der Waals surface area contributed by atoms with Crippen molar-refractivity contribution in [1.29, 1.82) is 0 Å². The van der Waals surface area contributed by atoms with Gasteiger partial charge < -0.3 is 25.4 Å². The van der Waals surface area contributed by atoms with Gasteiger partial charge in [-0.2, -0.15) is 0 Å². The van der Waals surface area contributed by atoms with Crippen LogP contribution in [0.15, 0.2) is 54.4 Å². The Hall–Kier alpha value is -2.64. The molecule has 1 aromatic rings. The molecule has 3 heterocycles. The van der Waals surface area contributed by atoms with Crippen LogP contribution in [-0.2, 0) is 9.53 Å². The minimum absolute atomic E-state index is 0.129. The number of amides is 1. The Morgan fingerprint density at radius 3 is 2.74 bits per heavy atom. The molecular formula is C20H22FN3O3. The summed E-state index contributed by atoms with van der Waals surface area (Å²) in [5.74, 6) is -0.530. The SMILES string of the molecule is O=C(NC1(CO)CCOCC1)C1NC(c2ccc(F)cc2)=C2C=CC=CN21. The third kappa shape index (κ3) is 3.36. The second kappa shape index (κ2) is 7.17. The third-order valence-electron chi connectivity index (χ3n) is 5.23. The number of aliphatic hydroxyl groups excluding tert-OH is 1. The maximum atomic E-state index is 13.3. The molecule has 1 saturated heterocycles. The van der Waals surface area contributed by atoms with Crippen molar-refractivity contribution in [3.63, 3.8) is 0 Å². The molecule has 0 radical (unpaired) electrons. The molecular weight excluding hydrogens is 349 g/mol. The minimum Gasteiger partial charge on any atom is -0.394 e. The summed E-state index contributed by atoms with van der Waals surface area (Å²) in [7, 11) is 0. The van der Waals surface area contributed by atoms with Crippen molar-refractivity contribution in [1.82, 2.24) is 15.5 Å². The Balaban J connectivity index is 1.58. The number of hydrogen-bond donors (Lipinski definition) is 3. The standard InChI is InChI=1S/C20H22FN3O3/c21-15-6-4-14(5-7-15)17-16-3-1-2-10-24(16)18(22-17)19(26)23-20(13-25)8-11-27-12-9-20/h1-7,10,18,22,25H,8-9,11-13H2,(H,23,26). The van der Waals surface area contributed by atoms with Gasteiger partial charge in [0, 0.05) is 19.4 Å². The van der Waals surface area contributed by atoms with Crippen molar-refractivity contribution in [3.05, 3.63) is 65.8 Å². The molecule has 142 valence electrons. The number of carbonyl (C=O) groups is 1. The smallest absolute Gasteiger partial charge is 0.264 e. The summed E-state index contributed by atoms with van der Waals surface area (Å²) >= 11 is 0. The minimum atomic E-state index is -0.662. The lowest BCUT2D eigenvalue weighted by molar-refractivity contribution is -0.129. The summed E-state index contributed by atoms with van der Waals surface area (Å²) in [6, 6.07) is 6.16. The largest absolute Gasteiger partial charge is 0.394 e. The van der Waals surface area contributed by atoms with Gasteiger partial charge >= 0.3 is 0 Å². The number of nitrogens with zero attached hydrogens (tertiary/aromatic N) is 1. The second-order valence-corrected chi connectivity index (χ2v) is 6.96. The number of halogens is 1. The van der Waals surface area contributed by atoms with Gasteiger partial charge in [0.1, 0.15) is 5.82 Å². The predicted octanol–water partition coefficient (Wildman–Crippen LogP) is 1.47. The van der Waals surface area contributed by atoms with E-state index in [4.69, 9.17) is 4.74 Å². The average Bonchev–Trinajstić information content (AvgIpc) is 3.09. The van der Waals surface area contributed by atoms with E-state index in [1.807, 2.05) is 29.3 Å². The summed E-state index contributed by atoms with van der Waals surface area (Å²) < 4.78 is 18.6. The normalized spacial score (nSPS) is 23.2. The van der Waals surface area contributed by atoms with E-state index >= 15 is 0 Å². The zero-order valence-corrected chi connectivity index (χ0v) is 14.8. The van der Waals surface area contributed by atoms with Gasteiger partial charge in [-0.3, -0.25) is 4.79 Å². The number of benzene rings is 1. The quantitative estimate of drug-likeness (QED) is 0.748. The van der Waals surface area contributed by atoms with Crippen LogP contribution in [0.3, 0.4) is 0 Å². The molecule has 1 fully saturated rings. The van der Waals surface area contributed by atoms with Crippen molar-refractivity contribution in [2.24, 2.45) is 0 Å². The molecule has 1 unspecified atom stereocenters. The van der Waals surface area contributed by atoms with Crippen molar-refractivity contribution >= 4 is 11.6 Å². The first-order valence-corrected chi connectivity index (χ1v) is 9.02. The van der Waals surface area contributed by atoms with Crippen LogP contribution in [0.25, 0.3) is 5.70 Å². The van der Waals surface area contributed by atoms with Crippen LogP contribution in [0, 0.1) is 5.82 Å². The summed E-state index contributed by atoms with van der Waals surface area (Å²) in [6.45, 7) is 0.890. The van der Waals surface area contributed by atoms with Crippen LogP contribution in [0.5, 0.6) is 0 Å².